The van der Waals surface area contributed by atoms with Gasteiger partial charge in [0.05, 0.1) is 30.9 Å². The van der Waals surface area contributed by atoms with Gasteiger partial charge in [-0.1, -0.05) is 6.07 Å². The van der Waals surface area contributed by atoms with Crippen molar-refractivity contribution in [2.75, 3.05) is 27.4 Å². The van der Waals surface area contributed by atoms with Crippen LogP contribution in [0, 0.1) is 13.8 Å². The zero-order chi connectivity index (χ0) is 21.1. The van der Waals surface area contributed by atoms with Gasteiger partial charge in [0.1, 0.15) is 11.5 Å². The van der Waals surface area contributed by atoms with Crippen LogP contribution in [0.25, 0.3) is 5.76 Å². The molecule has 0 aliphatic carbocycles. The van der Waals surface area contributed by atoms with Crippen LogP contribution in [0.1, 0.15) is 28.3 Å². The summed E-state index contributed by atoms with van der Waals surface area (Å²) in [4.78, 5) is 31.1. The summed E-state index contributed by atoms with van der Waals surface area (Å²) in [6.45, 7) is 4.23. The first-order chi connectivity index (χ1) is 13.9. The van der Waals surface area contributed by atoms with Gasteiger partial charge in [-0.15, -0.1) is 0 Å². The molecular weight excluding hydrogens is 372 g/mol. The highest BCUT2D eigenvalue weighted by molar-refractivity contribution is 6.46. The van der Waals surface area contributed by atoms with Crippen LogP contribution in [0.4, 0.5) is 0 Å². The lowest BCUT2D eigenvalue weighted by Gasteiger charge is -2.25. The minimum atomic E-state index is -0.737. The van der Waals surface area contributed by atoms with Crippen molar-refractivity contribution in [3.8, 4) is 5.75 Å². The van der Waals surface area contributed by atoms with E-state index in [4.69, 9.17) is 9.47 Å². The molecule has 1 N–H and O–H groups in total. The highest BCUT2D eigenvalue weighted by atomic mass is 16.5. The normalized spacial score (nSPS) is 18.3. The Kier molecular flexibility index (Phi) is 5.98. The smallest absolute Gasteiger partial charge is 0.295 e. The lowest BCUT2D eigenvalue weighted by molar-refractivity contribution is -0.140. The van der Waals surface area contributed by atoms with E-state index in [9.17, 15) is 14.7 Å². The number of rotatable bonds is 6. The molecule has 1 amide bonds. The van der Waals surface area contributed by atoms with E-state index < -0.39 is 17.7 Å². The zero-order valence-corrected chi connectivity index (χ0v) is 16.9. The molecule has 152 valence electrons. The van der Waals surface area contributed by atoms with E-state index in [2.05, 4.69) is 4.98 Å². The van der Waals surface area contributed by atoms with Crippen LogP contribution in [0.2, 0.25) is 0 Å². The first kappa shape index (κ1) is 20.5. The topological polar surface area (TPSA) is 89.0 Å². The number of aryl methyl sites for hydroxylation is 2. The number of aromatic nitrogens is 1. The van der Waals surface area contributed by atoms with Crippen LogP contribution in [0.3, 0.4) is 0 Å². The van der Waals surface area contributed by atoms with Crippen molar-refractivity contribution in [3.63, 3.8) is 0 Å². The first-order valence-electron chi connectivity index (χ1n) is 9.23. The van der Waals surface area contributed by atoms with E-state index in [0.29, 0.717) is 16.9 Å². The molecule has 1 atom stereocenters. The SMILES string of the molecule is COCCN1C(=O)C(=O)/C(=C(/O)c2cc(C)cc(C)c2OC)C1c1ccncc1. The van der Waals surface area contributed by atoms with Crippen molar-refractivity contribution in [2.45, 2.75) is 19.9 Å². The van der Waals surface area contributed by atoms with Crippen molar-refractivity contribution in [1.29, 1.82) is 0 Å². The van der Waals surface area contributed by atoms with Crippen LogP contribution < -0.4 is 4.74 Å². The molecule has 0 radical (unpaired) electrons. The molecule has 3 rings (SSSR count). The van der Waals surface area contributed by atoms with E-state index >= 15 is 0 Å². The molecule has 2 heterocycles. The van der Waals surface area contributed by atoms with E-state index in [0.717, 1.165) is 11.1 Å². The summed E-state index contributed by atoms with van der Waals surface area (Å²) in [6, 6.07) is 6.38. The number of carbonyl (C=O) groups is 2. The minimum Gasteiger partial charge on any atom is -0.507 e. The van der Waals surface area contributed by atoms with E-state index in [1.165, 1.54) is 19.1 Å². The average Bonchev–Trinajstić information content (AvgIpc) is 2.96. The molecule has 1 aliphatic heterocycles. The van der Waals surface area contributed by atoms with Gasteiger partial charge < -0.3 is 19.5 Å². The Morgan fingerprint density at radius 2 is 1.86 bits per heavy atom. The fourth-order valence-electron chi connectivity index (χ4n) is 3.74. The standard InChI is InChI=1S/C22H24N2O5/c1-13-11-14(2)21(29-4)16(12-13)19(25)17-18(15-5-7-23-8-6-15)24(9-10-28-3)22(27)20(17)26/h5-8,11-12,18,25H,9-10H2,1-4H3/b19-17+. The van der Waals surface area contributed by atoms with Gasteiger partial charge in [0, 0.05) is 26.0 Å². The summed E-state index contributed by atoms with van der Waals surface area (Å²) >= 11 is 0. The monoisotopic (exact) mass is 396 g/mol. The van der Waals surface area contributed by atoms with Crippen molar-refractivity contribution in [3.05, 3.63) is 64.5 Å². The molecule has 7 nitrogen and oxygen atoms in total. The molecule has 0 saturated carbocycles. The molecule has 1 aromatic carbocycles. The zero-order valence-electron chi connectivity index (χ0n) is 16.9. The van der Waals surface area contributed by atoms with Crippen LogP contribution in [-0.2, 0) is 14.3 Å². The van der Waals surface area contributed by atoms with Gasteiger partial charge in [-0.05, 0) is 48.7 Å². The predicted octanol–water partition coefficient (Wildman–Crippen LogP) is 2.78. The number of hydrogen-bond acceptors (Lipinski definition) is 6. The molecule has 29 heavy (non-hydrogen) atoms. The van der Waals surface area contributed by atoms with Crippen molar-refractivity contribution in [1.82, 2.24) is 9.88 Å². The van der Waals surface area contributed by atoms with Crippen molar-refractivity contribution < 1.29 is 24.2 Å². The number of methoxy groups -OCH3 is 2. The molecule has 0 bridgehead atoms. The second-order valence-corrected chi connectivity index (χ2v) is 6.93. The summed E-state index contributed by atoms with van der Waals surface area (Å²) in [5, 5.41) is 11.2. The van der Waals surface area contributed by atoms with Gasteiger partial charge in [0.25, 0.3) is 11.7 Å². The summed E-state index contributed by atoms with van der Waals surface area (Å²) in [7, 11) is 3.03. The Morgan fingerprint density at radius 1 is 1.17 bits per heavy atom. The number of ether oxygens (including phenoxy) is 2. The third-order valence-electron chi connectivity index (χ3n) is 4.98. The van der Waals surface area contributed by atoms with Crippen LogP contribution in [-0.4, -0.2) is 54.1 Å². The molecule has 1 aromatic heterocycles. The number of aliphatic hydroxyl groups excluding tert-OH is 1. The highest BCUT2D eigenvalue weighted by Gasteiger charge is 2.46. The molecule has 1 saturated heterocycles. The maximum absolute atomic E-state index is 12.9. The second kappa shape index (κ2) is 8.45. The molecule has 7 heteroatoms. The Balaban J connectivity index is 2.24. The molecule has 1 aliphatic rings. The molecular formula is C22H24N2O5. The first-order valence-corrected chi connectivity index (χ1v) is 9.23. The average molecular weight is 396 g/mol. The largest absolute Gasteiger partial charge is 0.507 e. The van der Waals surface area contributed by atoms with Crippen LogP contribution >= 0.6 is 0 Å². The molecule has 0 spiro atoms. The van der Waals surface area contributed by atoms with Crippen LogP contribution in [0.5, 0.6) is 5.75 Å². The van der Waals surface area contributed by atoms with Gasteiger partial charge in [-0.2, -0.15) is 0 Å². The Hall–Kier alpha value is -3.19. The maximum Gasteiger partial charge on any atom is 0.295 e. The van der Waals surface area contributed by atoms with Crippen LogP contribution in [0.15, 0.2) is 42.2 Å². The third kappa shape index (κ3) is 3.73. The Labute approximate surface area is 169 Å². The second-order valence-electron chi connectivity index (χ2n) is 6.93. The van der Waals surface area contributed by atoms with E-state index in [1.54, 1.807) is 30.6 Å². The van der Waals surface area contributed by atoms with Gasteiger partial charge in [-0.25, -0.2) is 0 Å². The number of pyridine rings is 1. The number of ketones is 1. The molecule has 2 aromatic rings. The molecule has 1 fully saturated rings. The molecule has 1 unspecified atom stereocenters. The fourth-order valence-corrected chi connectivity index (χ4v) is 3.74. The summed E-state index contributed by atoms with van der Waals surface area (Å²) in [5.74, 6) is -1.20. The number of nitrogens with zero attached hydrogens (tertiary/aromatic N) is 2. The summed E-state index contributed by atoms with van der Waals surface area (Å²) < 4.78 is 10.6. The lowest BCUT2D eigenvalue weighted by Crippen LogP contribution is -2.32. The number of aliphatic hydroxyl groups is 1. The van der Waals surface area contributed by atoms with Gasteiger partial charge in [0.15, 0.2) is 0 Å². The van der Waals surface area contributed by atoms with E-state index in [-0.39, 0.29) is 24.5 Å². The number of Topliss-reactive ketones (excluding diaryl/α,β-unsaturated/α-hetero) is 1. The van der Waals surface area contributed by atoms with Gasteiger partial charge >= 0.3 is 0 Å². The number of likely N-dealkylation sites (tertiary alicyclic amines) is 1. The third-order valence-corrected chi connectivity index (χ3v) is 4.98. The van der Waals surface area contributed by atoms with Gasteiger partial charge in [0.2, 0.25) is 0 Å². The van der Waals surface area contributed by atoms with E-state index in [1.807, 2.05) is 19.9 Å². The Morgan fingerprint density at radius 3 is 2.48 bits per heavy atom. The maximum atomic E-state index is 12.9. The summed E-state index contributed by atoms with van der Waals surface area (Å²) in [5.41, 5.74) is 2.82. The van der Waals surface area contributed by atoms with Gasteiger partial charge in [-0.3, -0.25) is 14.6 Å². The fraction of sp³-hybridized carbons (Fsp3) is 0.318. The number of hydrogen-bond donors (Lipinski definition) is 1. The van der Waals surface area contributed by atoms with Crippen molar-refractivity contribution in [2.24, 2.45) is 0 Å². The minimum absolute atomic E-state index is 0.0283. The summed E-state index contributed by atoms with van der Waals surface area (Å²) in [6.07, 6.45) is 3.17. The lowest BCUT2D eigenvalue weighted by atomic mass is 9.94. The number of benzene rings is 1. The number of amides is 1. The highest BCUT2D eigenvalue weighted by Crippen LogP contribution is 2.41. The predicted molar refractivity (Wildman–Crippen MR) is 108 cm³/mol. The quantitative estimate of drug-likeness (QED) is 0.459. The Bertz CT molecular complexity index is 969. The van der Waals surface area contributed by atoms with Crippen molar-refractivity contribution >= 4 is 17.4 Å². The number of carbonyl (C=O) groups excluding carboxylic acids is 2.